The highest BCUT2D eigenvalue weighted by Crippen LogP contribution is 2.27. The maximum absolute atomic E-state index is 13.2. The molecule has 4 aromatic carbocycles. The van der Waals surface area contributed by atoms with Crippen molar-refractivity contribution >= 4 is 56.2 Å². The van der Waals surface area contributed by atoms with Crippen molar-refractivity contribution in [3.05, 3.63) is 131 Å². The lowest BCUT2D eigenvalue weighted by Gasteiger charge is -2.33. The Bertz CT molecular complexity index is 2300. The van der Waals surface area contributed by atoms with Crippen LogP contribution in [-0.2, 0) is 37.0 Å². The second-order valence-electron chi connectivity index (χ2n) is 17.1. The lowest BCUT2D eigenvalue weighted by molar-refractivity contribution is -0.157. The maximum Gasteiger partial charge on any atom is 0.516 e. The van der Waals surface area contributed by atoms with E-state index in [1.54, 1.807) is 17.0 Å². The summed E-state index contributed by atoms with van der Waals surface area (Å²) in [5, 5.41) is 28.4. The third-order valence-corrected chi connectivity index (χ3v) is 10.6. The van der Waals surface area contributed by atoms with Crippen LogP contribution in [0.15, 0.2) is 109 Å². The average Bonchev–Trinajstić information content (AvgIpc) is 3.29. The van der Waals surface area contributed by atoms with Crippen LogP contribution in [0, 0.1) is 34.5 Å². The number of nitriles is 2. The molecule has 0 heterocycles. The molecule has 0 aliphatic heterocycles. The minimum atomic E-state index is -1.19. The van der Waals surface area contributed by atoms with Crippen LogP contribution in [0.5, 0.6) is 0 Å². The molecule has 4 aromatic rings. The molecule has 0 aliphatic carbocycles. The number of amides is 2. The minimum absolute atomic E-state index is 0.0429. The Balaban J connectivity index is 0.000000430. The summed E-state index contributed by atoms with van der Waals surface area (Å²) in [7, 11) is 10.4. The molecule has 0 radical (unpaired) electrons. The molecule has 67 heavy (non-hydrogen) atoms. The number of carboxylic acid groups (broad SMARTS) is 1. The first-order chi connectivity index (χ1) is 31.9. The molecule has 0 spiro atoms. The normalized spacial score (nSPS) is 11.3. The highest BCUT2D eigenvalue weighted by Gasteiger charge is 2.34. The number of carbonyl (C=O) groups excluding carboxylic acids is 3. The minimum Gasteiger partial charge on any atom is -0.480 e. The van der Waals surface area contributed by atoms with Crippen molar-refractivity contribution in [2.24, 2.45) is 11.8 Å². The number of halogens is 2. The van der Waals surface area contributed by atoms with Crippen molar-refractivity contribution in [3.63, 3.8) is 0 Å². The van der Waals surface area contributed by atoms with Gasteiger partial charge in [-0.1, -0.05) is 151 Å². The van der Waals surface area contributed by atoms with E-state index < -0.39 is 30.4 Å². The molecule has 0 fully saturated rings. The van der Waals surface area contributed by atoms with E-state index >= 15 is 0 Å². The van der Waals surface area contributed by atoms with Gasteiger partial charge in [0, 0.05) is 25.9 Å². The van der Waals surface area contributed by atoms with Crippen molar-refractivity contribution in [2.45, 2.75) is 125 Å². The van der Waals surface area contributed by atoms with Crippen LogP contribution in [-0.4, -0.2) is 69.7 Å². The fourth-order valence-electron chi connectivity index (χ4n) is 7.18. The van der Waals surface area contributed by atoms with E-state index in [1.165, 1.54) is 4.90 Å². The quantitative estimate of drug-likeness (QED) is 0.0522. The van der Waals surface area contributed by atoms with Gasteiger partial charge in [0.15, 0.2) is 0 Å². The van der Waals surface area contributed by atoms with E-state index in [-0.39, 0.29) is 42.8 Å². The third-order valence-electron chi connectivity index (χ3n) is 10.6. The van der Waals surface area contributed by atoms with E-state index in [1.807, 2.05) is 152 Å². The zero-order chi connectivity index (χ0) is 50.1. The van der Waals surface area contributed by atoms with Gasteiger partial charge in [0.05, 0.1) is 23.3 Å². The molecule has 0 saturated carbocycles. The van der Waals surface area contributed by atoms with Gasteiger partial charge in [-0.15, -0.1) is 0 Å². The fourth-order valence-corrected chi connectivity index (χ4v) is 7.18. The molecule has 10 nitrogen and oxygen atoms in total. The van der Waals surface area contributed by atoms with Crippen LogP contribution in [0.25, 0.3) is 22.3 Å². The van der Waals surface area contributed by atoms with E-state index in [0.717, 1.165) is 64.6 Å². The molecule has 0 aliphatic rings. The number of benzene rings is 4. The zero-order valence-corrected chi connectivity index (χ0v) is 43.3. The van der Waals surface area contributed by atoms with Gasteiger partial charge in [-0.25, -0.2) is 29.7 Å². The third kappa shape index (κ3) is 19.8. The number of allylic oxidation sites excluding steroid dienone is 1. The average molecular weight is 966 g/mol. The first kappa shape index (κ1) is 57.7. The summed E-state index contributed by atoms with van der Waals surface area (Å²) in [5.41, 5.74) is 7.64. The van der Waals surface area contributed by atoms with E-state index in [0.29, 0.717) is 30.5 Å². The molecule has 0 aromatic heterocycles. The number of unbranched alkanes of at least 4 members (excludes halogenated alkanes) is 2. The summed E-state index contributed by atoms with van der Waals surface area (Å²) in [6, 6.07) is 33.2. The van der Waals surface area contributed by atoms with Crippen LogP contribution in [0.3, 0.4) is 0 Å². The summed E-state index contributed by atoms with van der Waals surface area (Å²) < 4.78 is 5.51. The van der Waals surface area contributed by atoms with Crippen molar-refractivity contribution < 1.29 is 29.0 Å². The fraction of sp³-hybridized carbons (Fsp3) is 0.407. The summed E-state index contributed by atoms with van der Waals surface area (Å²) >= 11 is -1.19. The van der Waals surface area contributed by atoms with Gasteiger partial charge in [0.2, 0.25) is 11.8 Å². The molecule has 2 atom stereocenters. The Morgan fingerprint density at radius 2 is 1.04 bits per heavy atom. The number of nitrogens with zero attached hydrogens (tertiary/aromatic N) is 4. The Kier molecular flexibility index (Phi) is 26.5. The van der Waals surface area contributed by atoms with Gasteiger partial charge in [-0.2, -0.15) is 10.5 Å². The predicted octanol–water partition coefficient (Wildman–Crippen LogP) is 12.7. The maximum atomic E-state index is 13.2. The second-order valence-corrected chi connectivity index (χ2v) is 22.7. The summed E-state index contributed by atoms with van der Waals surface area (Å²) in [6.07, 6.45) is 5.90. The van der Waals surface area contributed by atoms with Gasteiger partial charge in [0.25, 0.3) is 0 Å². The monoisotopic (exact) mass is 964 g/mol. The first-order valence-electron chi connectivity index (χ1n) is 23.0. The number of carboxylic acids is 1. The van der Waals surface area contributed by atoms with Crippen molar-refractivity contribution in [3.8, 4) is 34.4 Å². The van der Waals surface area contributed by atoms with Crippen molar-refractivity contribution in [1.29, 1.82) is 10.5 Å². The first-order valence-corrected chi connectivity index (χ1v) is 27.6. The summed E-state index contributed by atoms with van der Waals surface area (Å²) in [4.78, 5) is 53.9. The van der Waals surface area contributed by atoms with Gasteiger partial charge in [0.1, 0.15) is 18.7 Å². The zero-order valence-electron chi connectivity index (χ0n) is 40.6. The summed E-state index contributed by atoms with van der Waals surface area (Å²) in [6.45, 7) is 16.2. The van der Waals surface area contributed by atoms with Crippen LogP contribution < -0.4 is 0 Å². The number of hydrogen-bond donors (Lipinski definition) is 1. The molecule has 4 rings (SSSR count). The number of ether oxygens (including phenoxy) is 1. The molecule has 2 amide bonds. The summed E-state index contributed by atoms with van der Waals surface area (Å²) in [5.74, 6) is 0.0153. The predicted molar refractivity (Wildman–Crippen MR) is 272 cm³/mol. The molecule has 0 bridgehead atoms. The molecular formula is C54H67AlCl2N4O6. The van der Waals surface area contributed by atoms with Crippen molar-refractivity contribution in [1.82, 2.24) is 9.80 Å². The number of rotatable bonds is 20. The van der Waals surface area contributed by atoms with Crippen LogP contribution in [0.2, 0.25) is 5.79 Å². The topological polar surface area (TPSA) is 152 Å². The van der Waals surface area contributed by atoms with Gasteiger partial charge < -0.3 is 19.6 Å². The Hall–Kier alpha value is -5.41. The van der Waals surface area contributed by atoms with Crippen LogP contribution in [0.1, 0.15) is 116 Å². The van der Waals surface area contributed by atoms with E-state index in [9.17, 15) is 34.8 Å². The Morgan fingerprint density at radius 1 is 0.672 bits per heavy atom. The lowest BCUT2D eigenvalue weighted by atomic mass is 9.98. The molecular weight excluding hydrogens is 899 g/mol. The number of aliphatic carboxylic acids is 1. The SMILES string of the molecule is CCCCC(=O)N(Cc1ccc(-c2ccccc2C#N)cc1)[C@H](C(=O)O)C(C)C.CCCCC(=O)N(Cc1ccc(-c2ccccc2C#N)cc1)[C@H](C(=O)OCC=C(C)C)C(C)C.[CH3][Al]([Cl])[Cl]. The lowest BCUT2D eigenvalue weighted by Crippen LogP contribution is -2.48. The van der Waals surface area contributed by atoms with Crippen molar-refractivity contribution in [2.75, 3.05) is 6.61 Å². The van der Waals surface area contributed by atoms with Gasteiger partial charge in [-0.05, 0) is 90.1 Å². The van der Waals surface area contributed by atoms with E-state index in [4.69, 9.17) is 24.8 Å². The van der Waals surface area contributed by atoms with Gasteiger partial charge in [-0.3, -0.25) is 9.59 Å². The highest BCUT2D eigenvalue weighted by molar-refractivity contribution is 7.33. The molecule has 13 heteroatoms. The Labute approximate surface area is 411 Å². The van der Waals surface area contributed by atoms with Crippen LogP contribution >= 0.6 is 20.1 Å². The molecule has 0 saturated heterocycles. The van der Waals surface area contributed by atoms with Crippen LogP contribution in [0.4, 0.5) is 0 Å². The highest BCUT2D eigenvalue weighted by atomic mass is 35.7. The smallest absolute Gasteiger partial charge is 0.480 e. The molecule has 356 valence electrons. The standard InChI is InChI=1S/C29H36N2O3.C24H28N2O3.CH3.Al.2ClH/c1-6-7-12-27(32)31(28(22(4)5)29(33)34-18-17-21(2)3)20-23-13-15-24(16-14-23)26-11-9-8-10-25(26)19-30;1-4-5-10-22(27)26(23(17(2)3)24(28)29)16-18-11-13-19(14-12-18)21-9-7-6-8-20(21)15-25;;;;/h8-11,13-17,22,28H,6-7,12,18,20H2,1-5H3;6-9,11-14,17,23H,4-5,10,16H2,1-3H3,(H,28,29);1H3;;2*1H/q;;;+2;;/p-2/t28-;23-;;;;/m00..../s1. The second kappa shape index (κ2) is 30.8. The van der Waals surface area contributed by atoms with E-state index in [2.05, 4.69) is 12.1 Å². The molecule has 0 unspecified atom stereocenters. The number of esters is 1. The number of hydrogen-bond acceptors (Lipinski definition) is 7. The largest absolute Gasteiger partial charge is 0.516 e. The Morgan fingerprint density at radius 3 is 1.37 bits per heavy atom. The van der Waals surface area contributed by atoms with Gasteiger partial charge >= 0.3 is 24.2 Å². The number of carbonyl (C=O) groups is 4. The molecule has 1 N–H and O–H groups in total.